The number of nitriles is 1. The first kappa shape index (κ1) is 11.9. The third kappa shape index (κ3) is 2.89. The third-order valence-corrected chi connectivity index (χ3v) is 1.96. The number of aromatic carboxylic acids is 1. The van der Waals surface area contributed by atoms with Crippen molar-refractivity contribution >= 4 is 11.7 Å². The molecule has 5 heteroatoms. The van der Waals surface area contributed by atoms with E-state index in [1.165, 1.54) is 6.07 Å². The van der Waals surface area contributed by atoms with Gasteiger partial charge in [-0.25, -0.2) is 4.79 Å². The van der Waals surface area contributed by atoms with E-state index in [9.17, 15) is 4.79 Å². The van der Waals surface area contributed by atoms with Crippen LogP contribution in [-0.2, 0) is 0 Å². The molecule has 0 saturated carbocycles. The number of ether oxygens (including phenoxy) is 1. The minimum absolute atomic E-state index is 0.0388. The summed E-state index contributed by atoms with van der Waals surface area (Å²) in [5.41, 5.74) is 5.95. The van der Waals surface area contributed by atoms with Gasteiger partial charge in [-0.1, -0.05) is 6.07 Å². The Hall–Kier alpha value is -2.22. The first-order valence-corrected chi connectivity index (χ1v) is 4.78. The molecule has 0 aliphatic rings. The first-order chi connectivity index (χ1) is 7.66. The summed E-state index contributed by atoms with van der Waals surface area (Å²) in [7, 11) is 0. The number of carbonyl (C=O) groups is 1. The Morgan fingerprint density at radius 2 is 2.31 bits per heavy atom. The van der Waals surface area contributed by atoms with Gasteiger partial charge in [0.05, 0.1) is 18.4 Å². The maximum Gasteiger partial charge on any atom is 0.339 e. The minimum atomic E-state index is -1.08. The first-order valence-electron chi connectivity index (χ1n) is 4.78. The van der Waals surface area contributed by atoms with Crippen LogP contribution in [0.25, 0.3) is 0 Å². The largest absolute Gasteiger partial charge is 0.490 e. The Kier molecular flexibility index (Phi) is 4.16. The molecule has 84 valence electrons. The molecule has 16 heavy (non-hydrogen) atoms. The maximum atomic E-state index is 10.9. The summed E-state index contributed by atoms with van der Waals surface area (Å²) in [6, 6.07) is 6.54. The zero-order valence-electron chi connectivity index (χ0n) is 8.64. The summed E-state index contributed by atoms with van der Waals surface area (Å²) in [6.45, 7) is 0.280. The van der Waals surface area contributed by atoms with Crippen molar-refractivity contribution in [1.82, 2.24) is 0 Å². The molecule has 0 aliphatic carbocycles. The predicted molar refractivity (Wildman–Crippen MR) is 58.2 cm³/mol. The fourth-order valence-electron chi connectivity index (χ4n) is 1.21. The number of hydrogen-bond acceptors (Lipinski definition) is 4. The Balaban J connectivity index is 2.77. The lowest BCUT2D eigenvalue weighted by Gasteiger charge is -2.10. The van der Waals surface area contributed by atoms with Crippen molar-refractivity contribution in [2.75, 3.05) is 12.3 Å². The van der Waals surface area contributed by atoms with E-state index in [0.717, 1.165) is 0 Å². The molecule has 0 amide bonds. The van der Waals surface area contributed by atoms with Gasteiger partial charge in [0.1, 0.15) is 5.56 Å². The van der Waals surface area contributed by atoms with Crippen LogP contribution in [0.5, 0.6) is 5.75 Å². The molecule has 1 aromatic carbocycles. The van der Waals surface area contributed by atoms with Gasteiger partial charge in [-0.05, 0) is 18.6 Å². The van der Waals surface area contributed by atoms with Crippen molar-refractivity contribution in [1.29, 1.82) is 5.26 Å². The second-order valence-corrected chi connectivity index (χ2v) is 3.14. The van der Waals surface area contributed by atoms with Crippen LogP contribution in [0.3, 0.4) is 0 Å². The molecule has 1 rings (SSSR count). The number of nitrogens with two attached hydrogens (primary N) is 1. The number of carboxylic acid groups (broad SMARTS) is 1. The molecule has 0 fully saturated rings. The van der Waals surface area contributed by atoms with Crippen LogP contribution in [0.4, 0.5) is 5.69 Å². The molecule has 5 nitrogen and oxygen atoms in total. The van der Waals surface area contributed by atoms with Crippen LogP contribution in [0.15, 0.2) is 18.2 Å². The van der Waals surface area contributed by atoms with Gasteiger partial charge in [0.2, 0.25) is 0 Å². The molecule has 3 N–H and O–H groups in total. The van der Waals surface area contributed by atoms with E-state index in [4.69, 9.17) is 20.8 Å². The summed E-state index contributed by atoms with van der Waals surface area (Å²) in [4.78, 5) is 10.9. The Morgan fingerprint density at radius 3 is 2.94 bits per heavy atom. The minimum Gasteiger partial charge on any atom is -0.490 e. The van der Waals surface area contributed by atoms with E-state index in [0.29, 0.717) is 12.8 Å². The molecule has 0 aromatic heterocycles. The second kappa shape index (κ2) is 5.61. The summed E-state index contributed by atoms with van der Waals surface area (Å²) in [6.07, 6.45) is 0.916. The van der Waals surface area contributed by atoms with E-state index < -0.39 is 5.97 Å². The fraction of sp³-hybridized carbons (Fsp3) is 0.273. The number of carboxylic acids is 1. The van der Waals surface area contributed by atoms with Crippen LogP contribution < -0.4 is 10.5 Å². The summed E-state index contributed by atoms with van der Waals surface area (Å²) in [5.74, 6) is -0.907. The van der Waals surface area contributed by atoms with Crippen LogP contribution in [0.2, 0.25) is 0 Å². The number of hydrogen-bond donors (Lipinski definition) is 2. The van der Waals surface area contributed by atoms with Gasteiger partial charge in [0.15, 0.2) is 5.75 Å². The molecular weight excluding hydrogens is 208 g/mol. The Labute approximate surface area is 93.1 Å². The molecule has 0 atom stereocenters. The molecule has 0 heterocycles. The highest BCUT2D eigenvalue weighted by molar-refractivity contribution is 5.93. The standard InChI is InChI=1S/C11H12N2O3/c12-6-1-2-7-16-10-8(11(14)15)4-3-5-9(10)13/h3-5H,1-2,7,13H2,(H,14,15). The zero-order valence-corrected chi connectivity index (χ0v) is 8.64. The number of nitrogen functional groups attached to an aromatic ring is 1. The topological polar surface area (TPSA) is 96.3 Å². The van der Waals surface area contributed by atoms with Crippen molar-refractivity contribution in [2.45, 2.75) is 12.8 Å². The van der Waals surface area contributed by atoms with Crippen LogP contribution in [0, 0.1) is 11.3 Å². The van der Waals surface area contributed by atoms with E-state index in [-0.39, 0.29) is 23.6 Å². The molecule has 1 aromatic rings. The van der Waals surface area contributed by atoms with Gasteiger partial charge in [-0.2, -0.15) is 5.26 Å². The molecular formula is C11H12N2O3. The lowest BCUT2D eigenvalue weighted by atomic mass is 10.2. The highest BCUT2D eigenvalue weighted by Gasteiger charge is 2.13. The molecule has 0 unspecified atom stereocenters. The molecule has 0 radical (unpaired) electrons. The van der Waals surface area contributed by atoms with Gasteiger partial charge >= 0.3 is 5.97 Å². The van der Waals surface area contributed by atoms with E-state index in [2.05, 4.69) is 0 Å². The maximum absolute atomic E-state index is 10.9. The number of anilines is 1. The van der Waals surface area contributed by atoms with Gasteiger partial charge in [-0.3, -0.25) is 0 Å². The van der Waals surface area contributed by atoms with Crippen molar-refractivity contribution < 1.29 is 14.6 Å². The molecule has 0 saturated heterocycles. The van der Waals surface area contributed by atoms with Gasteiger partial charge in [0, 0.05) is 6.42 Å². The third-order valence-electron chi connectivity index (χ3n) is 1.96. The highest BCUT2D eigenvalue weighted by Crippen LogP contribution is 2.26. The monoisotopic (exact) mass is 220 g/mol. The number of unbranched alkanes of at least 4 members (excludes halogenated alkanes) is 1. The lowest BCUT2D eigenvalue weighted by molar-refractivity contribution is 0.0692. The average molecular weight is 220 g/mol. The van der Waals surface area contributed by atoms with Crippen LogP contribution >= 0.6 is 0 Å². The van der Waals surface area contributed by atoms with Crippen LogP contribution in [0.1, 0.15) is 23.2 Å². The van der Waals surface area contributed by atoms with Gasteiger partial charge in [-0.15, -0.1) is 0 Å². The highest BCUT2D eigenvalue weighted by atomic mass is 16.5. The van der Waals surface area contributed by atoms with Crippen molar-refractivity contribution in [3.05, 3.63) is 23.8 Å². The van der Waals surface area contributed by atoms with Gasteiger partial charge in [0.25, 0.3) is 0 Å². The van der Waals surface area contributed by atoms with Crippen LogP contribution in [-0.4, -0.2) is 17.7 Å². The van der Waals surface area contributed by atoms with Crippen molar-refractivity contribution in [3.63, 3.8) is 0 Å². The predicted octanol–water partition coefficient (Wildman–Crippen LogP) is 1.65. The molecule has 0 spiro atoms. The van der Waals surface area contributed by atoms with Crippen molar-refractivity contribution in [3.8, 4) is 11.8 Å². The number of nitrogens with zero attached hydrogens (tertiary/aromatic N) is 1. The van der Waals surface area contributed by atoms with E-state index >= 15 is 0 Å². The SMILES string of the molecule is N#CCCCOc1c(N)cccc1C(=O)O. The molecule has 0 aliphatic heterocycles. The zero-order chi connectivity index (χ0) is 12.0. The van der Waals surface area contributed by atoms with E-state index in [1.54, 1.807) is 12.1 Å². The number of benzene rings is 1. The number of para-hydroxylation sites is 1. The number of rotatable bonds is 5. The Bertz CT molecular complexity index is 424. The summed E-state index contributed by atoms with van der Waals surface area (Å²) >= 11 is 0. The van der Waals surface area contributed by atoms with Crippen molar-refractivity contribution in [2.24, 2.45) is 0 Å². The summed E-state index contributed by atoms with van der Waals surface area (Å²) < 4.78 is 5.27. The van der Waals surface area contributed by atoms with Gasteiger partial charge < -0.3 is 15.6 Å². The second-order valence-electron chi connectivity index (χ2n) is 3.14. The normalized spacial score (nSPS) is 9.44. The molecule has 0 bridgehead atoms. The smallest absolute Gasteiger partial charge is 0.339 e. The average Bonchev–Trinajstić information content (AvgIpc) is 2.25. The fourth-order valence-corrected chi connectivity index (χ4v) is 1.21. The van der Waals surface area contributed by atoms with E-state index in [1.807, 2.05) is 6.07 Å². The summed E-state index contributed by atoms with van der Waals surface area (Å²) in [5, 5.41) is 17.2. The quantitative estimate of drug-likeness (QED) is 0.581. The Morgan fingerprint density at radius 1 is 1.56 bits per heavy atom. The lowest BCUT2D eigenvalue weighted by Crippen LogP contribution is -2.06.